The first-order valence-electron chi connectivity index (χ1n) is 4.86. The van der Waals surface area contributed by atoms with Gasteiger partial charge in [-0.15, -0.1) is 0 Å². The quantitative estimate of drug-likeness (QED) is 0.630. The second-order valence-corrected chi connectivity index (χ2v) is 4.74. The van der Waals surface area contributed by atoms with Crippen LogP contribution in [0.1, 0.15) is 32.0 Å². The van der Waals surface area contributed by atoms with Crippen molar-refractivity contribution < 1.29 is 4.39 Å². The average Bonchev–Trinajstić information content (AvgIpc) is 2.48. The van der Waals surface area contributed by atoms with E-state index < -0.39 is 0 Å². The summed E-state index contributed by atoms with van der Waals surface area (Å²) in [5.74, 6) is -0.123. The number of rotatable bonds is 0. The number of hydrogen-bond acceptors (Lipinski definition) is 2. The Kier molecular flexibility index (Phi) is 2.07. The van der Waals surface area contributed by atoms with Crippen LogP contribution < -0.4 is 0 Å². The summed E-state index contributed by atoms with van der Waals surface area (Å²) < 4.78 is 13.4. The maximum absolute atomic E-state index is 13.4. The van der Waals surface area contributed by atoms with Gasteiger partial charge in [0.25, 0.3) is 0 Å². The Labute approximate surface area is 83.8 Å². The molecule has 1 aliphatic rings. The first kappa shape index (κ1) is 9.59. The smallest absolute Gasteiger partial charge is 0.131 e. The van der Waals surface area contributed by atoms with E-state index in [1.165, 1.54) is 6.07 Å². The van der Waals surface area contributed by atoms with Crippen molar-refractivity contribution in [3.8, 4) is 0 Å². The summed E-state index contributed by atoms with van der Waals surface area (Å²) in [7, 11) is 0. The lowest BCUT2D eigenvalue weighted by Gasteiger charge is -2.30. The SMILES string of the molecule is CC(C)(C)N1Cc2nccc(F)c2C1. The summed E-state index contributed by atoms with van der Waals surface area (Å²) >= 11 is 0. The Morgan fingerprint density at radius 1 is 1.36 bits per heavy atom. The second-order valence-electron chi connectivity index (χ2n) is 4.74. The van der Waals surface area contributed by atoms with Crippen molar-refractivity contribution in [2.45, 2.75) is 39.4 Å². The minimum Gasteiger partial charge on any atom is -0.288 e. The van der Waals surface area contributed by atoms with E-state index in [2.05, 4.69) is 30.7 Å². The molecule has 0 bridgehead atoms. The lowest BCUT2D eigenvalue weighted by atomic mass is 10.1. The van der Waals surface area contributed by atoms with E-state index in [9.17, 15) is 4.39 Å². The molecular weight excluding hydrogens is 179 g/mol. The molecule has 0 spiro atoms. The molecule has 0 fully saturated rings. The minimum absolute atomic E-state index is 0.0765. The zero-order valence-electron chi connectivity index (χ0n) is 8.84. The summed E-state index contributed by atoms with van der Waals surface area (Å²) in [6.07, 6.45) is 1.54. The van der Waals surface area contributed by atoms with Gasteiger partial charge in [-0.1, -0.05) is 0 Å². The fraction of sp³-hybridized carbons (Fsp3) is 0.545. The van der Waals surface area contributed by atoms with Crippen LogP contribution in [0, 0.1) is 5.82 Å². The predicted molar refractivity (Wildman–Crippen MR) is 53.2 cm³/mol. The van der Waals surface area contributed by atoms with Crippen molar-refractivity contribution in [2.24, 2.45) is 0 Å². The molecular formula is C11H15FN2. The van der Waals surface area contributed by atoms with Gasteiger partial charge in [-0.3, -0.25) is 9.88 Å². The van der Waals surface area contributed by atoms with Crippen LogP contribution in [0.25, 0.3) is 0 Å². The van der Waals surface area contributed by atoms with Gasteiger partial charge in [0, 0.05) is 30.4 Å². The van der Waals surface area contributed by atoms with Gasteiger partial charge in [0.1, 0.15) is 5.82 Å². The van der Waals surface area contributed by atoms with E-state index in [0.717, 1.165) is 17.8 Å². The molecule has 0 atom stereocenters. The lowest BCUT2D eigenvalue weighted by molar-refractivity contribution is 0.135. The number of fused-ring (bicyclic) bond motifs is 1. The Hall–Kier alpha value is -0.960. The van der Waals surface area contributed by atoms with Gasteiger partial charge in [-0.2, -0.15) is 0 Å². The van der Waals surface area contributed by atoms with E-state index in [-0.39, 0.29) is 11.4 Å². The van der Waals surface area contributed by atoms with Crippen LogP contribution in [-0.4, -0.2) is 15.4 Å². The van der Waals surface area contributed by atoms with Gasteiger partial charge < -0.3 is 0 Å². The van der Waals surface area contributed by atoms with Crippen molar-refractivity contribution in [3.63, 3.8) is 0 Å². The lowest BCUT2D eigenvalue weighted by Crippen LogP contribution is -2.36. The minimum atomic E-state index is -0.123. The molecule has 1 aromatic heterocycles. The number of halogens is 1. The van der Waals surface area contributed by atoms with E-state index in [1.54, 1.807) is 6.20 Å². The summed E-state index contributed by atoms with van der Waals surface area (Å²) in [6, 6.07) is 1.44. The molecule has 0 saturated heterocycles. The van der Waals surface area contributed by atoms with Crippen LogP contribution in [0.2, 0.25) is 0 Å². The molecule has 3 heteroatoms. The van der Waals surface area contributed by atoms with Crippen LogP contribution in [-0.2, 0) is 13.1 Å². The Morgan fingerprint density at radius 2 is 2.07 bits per heavy atom. The summed E-state index contributed by atoms with van der Waals surface area (Å²) in [5.41, 5.74) is 1.73. The molecule has 0 unspecified atom stereocenters. The molecule has 1 aliphatic heterocycles. The van der Waals surface area contributed by atoms with E-state index in [4.69, 9.17) is 0 Å². The van der Waals surface area contributed by atoms with Crippen LogP contribution in [0.5, 0.6) is 0 Å². The highest BCUT2D eigenvalue weighted by Crippen LogP contribution is 2.28. The fourth-order valence-electron chi connectivity index (χ4n) is 1.71. The maximum atomic E-state index is 13.4. The third-order valence-electron chi connectivity index (χ3n) is 2.73. The number of aromatic nitrogens is 1. The predicted octanol–water partition coefficient (Wildman–Crippen LogP) is 2.33. The molecule has 76 valence electrons. The fourth-order valence-corrected chi connectivity index (χ4v) is 1.71. The largest absolute Gasteiger partial charge is 0.288 e. The third kappa shape index (κ3) is 1.52. The first-order chi connectivity index (χ1) is 6.48. The number of nitrogens with zero attached hydrogens (tertiary/aromatic N) is 2. The van der Waals surface area contributed by atoms with Gasteiger partial charge in [-0.05, 0) is 26.8 Å². The molecule has 1 aromatic rings. The van der Waals surface area contributed by atoms with Crippen molar-refractivity contribution >= 4 is 0 Å². The molecule has 14 heavy (non-hydrogen) atoms. The monoisotopic (exact) mass is 194 g/mol. The molecule has 2 heterocycles. The zero-order valence-corrected chi connectivity index (χ0v) is 8.84. The van der Waals surface area contributed by atoms with Crippen LogP contribution in [0.15, 0.2) is 12.3 Å². The molecule has 2 rings (SSSR count). The van der Waals surface area contributed by atoms with E-state index in [1.807, 2.05) is 0 Å². The molecule has 0 aliphatic carbocycles. The van der Waals surface area contributed by atoms with Crippen LogP contribution in [0.3, 0.4) is 0 Å². The summed E-state index contributed by atoms with van der Waals surface area (Å²) in [4.78, 5) is 6.43. The van der Waals surface area contributed by atoms with Gasteiger partial charge in [0.05, 0.1) is 5.69 Å². The Bertz CT molecular complexity index is 355. The summed E-state index contributed by atoms with van der Waals surface area (Å²) in [6.45, 7) is 7.85. The van der Waals surface area contributed by atoms with Gasteiger partial charge in [0.15, 0.2) is 0 Å². The molecule has 0 amide bonds. The van der Waals surface area contributed by atoms with E-state index in [0.29, 0.717) is 6.54 Å². The summed E-state index contributed by atoms with van der Waals surface area (Å²) in [5, 5.41) is 0. The Morgan fingerprint density at radius 3 is 2.64 bits per heavy atom. The third-order valence-corrected chi connectivity index (χ3v) is 2.73. The molecule has 0 N–H and O–H groups in total. The maximum Gasteiger partial charge on any atom is 0.131 e. The van der Waals surface area contributed by atoms with Gasteiger partial charge in [0.2, 0.25) is 0 Å². The van der Waals surface area contributed by atoms with Crippen LogP contribution in [0.4, 0.5) is 4.39 Å². The second kappa shape index (κ2) is 3.02. The topological polar surface area (TPSA) is 16.1 Å². The van der Waals surface area contributed by atoms with Crippen LogP contribution >= 0.6 is 0 Å². The van der Waals surface area contributed by atoms with Crippen molar-refractivity contribution in [1.29, 1.82) is 0 Å². The first-order valence-corrected chi connectivity index (χ1v) is 4.86. The zero-order chi connectivity index (χ0) is 10.3. The number of hydrogen-bond donors (Lipinski definition) is 0. The highest BCUT2D eigenvalue weighted by molar-refractivity contribution is 5.25. The standard InChI is InChI=1S/C11H15FN2/c1-11(2,3)14-6-8-9(12)4-5-13-10(8)7-14/h4-5H,6-7H2,1-3H3. The molecule has 0 saturated carbocycles. The Balaban J connectivity index is 2.31. The van der Waals surface area contributed by atoms with E-state index >= 15 is 0 Å². The average molecular weight is 194 g/mol. The highest BCUT2D eigenvalue weighted by atomic mass is 19.1. The van der Waals surface area contributed by atoms with Crippen molar-refractivity contribution in [2.75, 3.05) is 0 Å². The van der Waals surface area contributed by atoms with Crippen molar-refractivity contribution in [3.05, 3.63) is 29.3 Å². The highest BCUT2D eigenvalue weighted by Gasteiger charge is 2.30. The number of pyridine rings is 1. The molecule has 0 radical (unpaired) electrons. The molecule has 2 nitrogen and oxygen atoms in total. The molecule has 0 aromatic carbocycles. The van der Waals surface area contributed by atoms with Crippen molar-refractivity contribution in [1.82, 2.24) is 9.88 Å². The normalized spacial score (nSPS) is 17.1. The van der Waals surface area contributed by atoms with Gasteiger partial charge in [-0.25, -0.2) is 4.39 Å². The van der Waals surface area contributed by atoms with Gasteiger partial charge >= 0.3 is 0 Å².